The third-order valence-corrected chi connectivity index (χ3v) is 6.71. The first kappa shape index (κ1) is 27.2. The monoisotopic (exact) mass is 466 g/mol. The smallest absolute Gasteiger partial charge is 0.326 e. The molecule has 1 saturated heterocycles. The lowest BCUT2D eigenvalue weighted by Gasteiger charge is -2.26. The minimum absolute atomic E-state index is 0.00826. The highest BCUT2D eigenvalue weighted by Crippen LogP contribution is 2.36. The number of aryl methyl sites for hydroxylation is 1. The van der Waals surface area contributed by atoms with Crippen molar-refractivity contribution in [3.8, 4) is 0 Å². The number of hydrogen-bond acceptors (Lipinski definition) is 4. The van der Waals surface area contributed by atoms with Crippen LogP contribution in [0.2, 0.25) is 0 Å². The van der Waals surface area contributed by atoms with Gasteiger partial charge in [-0.05, 0) is 62.8 Å². The summed E-state index contributed by atoms with van der Waals surface area (Å²) in [6.45, 7) is 2.24. The number of hydrogen-bond donors (Lipinski definition) is 1. The van der Waals surface area contributed by atoms with Gasteiger partial charge in [-0.2, -0.15) is 8.78 Å². The number of aliphatic carboxylic acids is 1. The number of carboxylic acids is 1. The van der Waals surface area contributed by atoms with Crippen LogP contribution in [-0.4, -0.2) is 46.5 Å². The van der Waals surface area contributed by atoms with Crippen LogP contribution in [0.1, 0.15) is 83.1 Å². The molecule has 0 radical (unpaired) electrons. The van der Waals surface area contributed by atoms with Gasteiger partial charge in [0.1, 0.15) is 0 Å². The molecular weight excluding hydrogens is 428 g/mol. The first-order valence-corrected chi connectivity index (χ1v) is 12.3. The summed E-state index contributed by atoms with van der Waals surface area (Å²) in [6, 6.07) is 9.71. The highest BCUT2D eigenvalue weighted by molar-refractivity contribution is 5.86. The summed E-state index contributed by atoms with van der Waals surface area (Å²) < 4.78 is 28.1. The number of rotatable bonds is 16. The lowest BCUT2D eigenvalue weighted by Crippen LogP contribution is -2.37. The Kier molecular flexibility index (Phi) is 11.2. The average molecular weight is 467 g/mol. The van der Waals surface area contributed by atoms with E-state index in [1.165, 1.54) is 10.5 Å². The van der Waals surface area contributed by atoms with Crippen molar-refractivity contribution in [3.05, 3.63) is 35.9 Å². The Balaban J connectivity index is 1.70. The topological polar surface area (TPSA) is 80.7 Å². The zero-order chi connectivity index (χ0) is 24.3. The number of carbonyl (C=O) groups excluding carboxylic acids is 2. The molecule has 186 valence electrons. The molecule has 1 aliphatic rings. The number of aliphatic hydroxyl groups is 1. The van der Waals surface area contributed by atoms with Gasteiger partial charge >= 0.3 is 5.92 Å². The fraction of sp³-hybridized carbons (Fsp3) is 0.692. The molecule has 0 aromatic heterocycles. The third kappa shape index (κ3) is 9.40. The average Bonchev–Trinajstić information content (AvgIpc) is 3.00. The molecule has 2 rings (SSSR count). The third-order valence-electron chi connectivity index (χ3n) is 6.71. The van der Waals surface area contributed by atoms with Gasteiger partial charge in [-0.1, -0.05) is 56.5 Å². The van der Waals surface area contributed by atoms with Crippen molar-refractivity contribution in [1.29, 1.82) is 0 Å². The minimum Gasteiger partial charge on any atom is -0.550 e. The molecule has 1 aromatic rings. The minimum atomic E-state index is -3.34. The molecule has 1 aliphatic heterocycles. The number of amides is 1. The molecule has 0 saturated carbocycles. The molecule has 1 aromatic carbocycles. The number of alkyl halides is 2. The molecule has 1 fully saturated rings. The number of carboxylic acid groups (broad SMARTS) is 1. The van der Waals surface area contributed by atoms with Gasteiger partial charge in [-0.3, -0.25) is 4.79 Å². The molecule has 5 nitrogen and oxygen atoms in total. The molecular formula is C26H38F2NO4-. The maximum absolute atomic E-state index is 14.1. The van der Waals surface area contributed by atoms with E-state index in [1.807, 2.05) is 25.1 Å². The summed E-state index contributed by atoms with van der Waals surface area (Å²) in [6.07, 6.45) is 6.01. The van der Waals surface area contributed by atoms with Gasteiger partial charge in [-0.15, -0.1) is 0 Å². The van der Waals surface area contributed by atoms with Gasteiger partial charge < -0.3 is 19.9 Å². The number of nitrogens with zero attached hydrogens (tertiary/aromatic N) is 1. The summed E-state index contributed by atoms with van der Waals surface area (Å²) >= 11 is 0. The molecule has 1 N–H and O–H groups in total. The quantitative estimate of drug-likeness (QED) is 0.372. The van der Waals surface area contributed by atoms with E-state index in [9.17, 15) is 28.6 Å². The summed E-state index contributed by atoms with van der Waals surface area (Å²) in [7, 11) is 0. The van der Waals surface area contributed by atoms with E-state index in [4.69, 9.17) is 0 Å². The molecule has 3 atom stereocenters. The van der Waals surface area contributed by atoms with E-state index in [2.05, 4.69) is 12.1 Å². The number of likely N-dealkylation sites (tertiary alicyclic amines) is 1. The fourth-order valence-electron chi connectivity index (χ4n) is 4.60. The Morgan fingerprint density at radius 2 is 1.82 bits per heavy atom. The first-order chi connectivity index (χ1) is 15.7. The lowest BCUT2D eigenvalue weighted by atomic mass is 9.92. The van der Waals surface area contributed by atoms with Crippen molar-refractivity contribution >= 4 is 11.9 Å². The molecule has 1 heterocycles. The van der Waals surface area contributed by atoms with Crippen LogP contribution >= 0.6 is 0 Å². The van der Waals surface area contributed by atoms with Crippen molar-refractivity contribution in [1.82, 2.24) is 4.90 Å². The van der Waals surface area contributed by atoms with Crippen LogP contribution in [0, 0.1) is 5.92 Å². The van der Waals surface area contributed by atoms with Crippen molar-refractivity contribution in [2.45, 2.75) is 102 Å². The van der Waals surface area contributed by atoms with E-state index < -0.39 is 36.4 Å². The standard InChI is InChI=1S/C26H39F2NO4/c1-20(11-8-9-14-21-12-5-4-6-13-21)23(30)17-16-22-19-26(27,28)25(33)29(22)18-10-3-2-7-15-24(31)32/h4-6,12-13,20,22-23,30H,2-3,7-11,14-19H2,1H3,(H,31,32)/p-1/t20-,22-,23+/m0/s1. The first-order valence-electron chi connectivity index (χ1n) is 12.3. The van der Waals surface area contributed by atoms with Crippen LogP contribution in [-0.2, 0) is 16.0 Å². The number of benzene rings is 1. The van der Waals surface area contributed by atoms with Crippen LogP contribution in [0.4, 0.5) is 8.78 Å². The van der Waals surface area contributed by atoms with Gasteiger partial charge in [0.25, 0.3) is 5.91 Å². The van der Waals surface area contributed by atoms with E-state index in [0.29, 0.717) is 38.5 Å². The number of halogens is 2. The number of unbranched alkanes of at least 4 members (excludes halogenated alkanes) is 4. The van der Waals surface area contributed by atoms with Gasteiger partial charge in [0.2, 0.25) is 0 Å². The van der Waals surface area contributed by atoms with Crippen LogP contribution in [0.3, 0.4) is 0 Å². The molecule has 0 aliphatic carbocycles. The SMILES string of the molecule is C[C@@H](CCCCc1ccccc1)[C@H](O)CC[C@H]1CC(F)(F)C(=O)N1CCCCCCC(=O)[O-]. The summed E-state index contributed by atoms with van der Waals surface area (Å²) in [5, 5.41) is 21.0. The predicted octanol–water partition coefficient (Wildman–Crippen LogP) is 4.11. The normalized spacial score (nSPS) is 19.6. The van der Waals surface area contributed by atoms with Crippen molar-refractivity contribution in [2.75, 3.05) is 6.54 Å². The maximum Gasteiger partial charge on any atom is 0.326 e. The van der Waals surface area contributed by atoms with E-state index >= 15 is 0 Å². The van der Waals surface area contributed by atoms with Crippen molar-refractivity contribution < 1.29 is 28.6 Å². The Labute approximate surface area is 196 Å². The molecule has 0 spiro atoms. The number of carbonyl (C=O) groups is 2. The highest BCUT2D eigenvalue weighted by atomic mass is 19.3. The molecule has 1 amide bonds. The maximum atomic E-state index is 14.1. The van der Waals surface area contributed by atoms with Crippen LogP contribution < -0.4 is 5.11 Å². The second kappa shape index (κ2) is 13.6. The van der Waals surface area contributed by atoms with Gasteiger partial charge in [0.15, 0.2) is 0 Å². The molecule has 0 bridgehead atoms. The summed E-state index contributed by atoms with van der Waals surface area (Å²) in [4.78, 5) is 23.9. The Bertz CT molecular complexity index is 728. The summed E-state index contributed by atoms with van der Waals surface area (Å²) in [5.74, 6) is -5.47. The van der Waals surface area contributed by atoms with E-state index in [0.717, 1.165) is 25.7 Å². The molecule has 33 heavy (non-hydrogen) atoms. The second-order valence-corrected chi connectivity index (χ2v) is 9.45. The zero-order valence-electron chi connectivity index (χ0n) is 19.7. The van der Waals surface area contributed by atoms with E-state index in [-0.39, 0.29) is 18.9 Å². The van der Waals surface area contributed by atoms with Crippen molar-refractivity contribution in [3.63, 3.8) is 0 Å². The largest absolute Gasteiger partial charge is 0.550 e. The van der Waals surface area contributed by atoms with Crippen LogP contribution in [0.15, 0.2) is 30.3 Å². The van der Waals surface area contributed by atoms with Crippen LogP contribution in [0.5, 0.6) is 0 Å². The van der Waals surface area contributed by atoms with Crippen LogP contribution in [0.25, 0.3) is 0 Å². The number of aliphatic hydroxyl groups excluding tert-OH is 1. The molecule has 7 heteroatoms. The van der Waals surface area contributed by atoms with Gasteiger partial charge in [0, 0.05) is 25.0 Å². The molecule has 0 unspecified atom stereocenters. The Morgan fingerprint density at radius 3 is 2.52 bits per heavy atom. The Hall–Kier alpha value is -2.02. The Morgan fingerprint density at radius 1 is 1.12 bits per heavy atom. The predicted molar refractivity (Wildman–Crippen MR) is 122 cm³/mol. The fourth-order valence-corrected chi connectivity index (χ4v) is 4.60. The zero-order valence-corrected chi connectivity index (χ0v) is 19.7. The van der Waals surface area contributed by atoms with Crippen molar-refractivity contribution in [2.24, 2.45) is 5.92 Å². The highest BCUT2D eigenvalue weighted by Gasteiger charge is 2.52. The lowest BCUT2D eigenvalue weighted by molar-refractivity contribution is -0.305. The van der Waals surface area contributed by atoms with Gasteiger partial charge in [-0.25, -0.2) is 0 Å². The second-order valence-electron chi connectivity index (χ2n) is 9.45. The van der Waals surface area contributed by atoms with Gasteiger partial charge in [0.05, 0.1) is 6.10 Å². The summed E-state index contributed by atoms with van der Waals surface area (Å²) in [5.41, 5.74) is 1.30. The van der Waals surface area contributed by atoms with E-state index in [1.54, 1.807) is 0 Å².